The van der Waals surface area contributed by atoms with Crippen molar-refractivity contribution >= 4 is 0 Å². The summed E-state index contributed by atoms with van der Waals surface area (Å²) in [6.45, 7) is 1.68. The van der Waals surface area contributed by atoms with Crippen LogP contribution in [-0.2, 0) is 18.9 Å². The van der Waals surface area contributed by atoms with Crippen molar-refractivity contribution in [2.75, 3.05) is 20.2 Å². The lowest BCUT2D eigenvalue weighted by Crippen LogP contribution is -2.68. The van der Waals surface area contributed by atoms with Crippen LogP contribution in [0.1, 0.15) is 19.8 Å². The number of rotatable bonds is 6. The van der Waals surface area contributed by atoms with Crippen molar-refractivity contribution in [1.29, 1.82) is 0 Å². The molecule has 0 bridgehead atoms. The number of hydrogen-bond donors (Lipinski definition) is 8. The molecule has 31 heavy (non-hydrogen) atoms. The zero-order chi connectivity index (χ0) is 22.9. The van der Waals surface area contributed by atoms with Crippen LogP contribution in [0, 0.1) is 0 Å². The molecule has 3 rings (SSSR count). The largest absolute Gasteiger partial charge is 0.467 e. The molecule has 0 aromatic rings. The predicted molar refractivity (Wildman–Crippen MR) is 110 cm³/mol. The van der Waals surface area contributed by atoms with E-state index in [0.717, 1.165) is 0 Å². The summed E-state index contributed by atoms with van der Waals surface area (Å²) in [5.74, 6) is 0.555. The van der Waals surface area contributed by atoms with Crippen molar-refractivity contribution in [1.82, 2.24) is 5.32 Å². The van der Waals surface area contributed by atoms with Crippen LogP contribution in [0.15, 0.2) is 11.8 Å². The van der Waals surface area contributed by atoms with Crippen LogP contribution in [0.2, 0.25) is 0 Å². The van der Waals surface area contributed by atoms with Gasteiger partial charge in [-0.15, -0.1) is 0 Å². The van der Waals surface area contributed by atoms with Crippen LogP contribution in [0.3, 0.4) is 0 Å². The third-order valence-electron chi connectivity index (χ3n) is 6.22. The molecule has 1 saturated heterocycles. The van der Waals surface area contributed by atoms with Crippen LogP contribution in [-0.4, -0.2) is 102 Å². The van der Waals surface area contributed by atoms with Crippen molar-refractivity contribution in [2.24, 2.45) is 22.9 Å². The molecule has 1 aliphatic carbocycles. The van der Waals surface area contributed by atoms with Crippen LogP contribution in [0.4, 0.5) is 0 Å². The molecule has 2 fully saturated rings. The summed E-state index contributed by atoms with van der Waals surface area (Å²) in [4.78, 5) is 0. The minimum absolute atomic E-state index is 0.0727. The molecule has 12 nitrogen and oxygen atoms in total. The van der Waals surface area contributed by atoms with Gasteiger partial charge in [0.05, 0.1) is 25.2 Å². The average Bonchev–Trinajstić information content (AvgIpc) is 2.71. The monoisotopic (exact) mass is 447 g/mol. The van der Waals surface area contributed by atoms with E-state index in [9.17, 15) is 15.3 Å². The van der Waals surface area contributed by atoms with Gasteiger partial charge in [-0.2, -0.15) is 0 Å². The molecule has 0 aromatic heterocycles. The van der Waals surface area contributed by atoms with Crippen LogP contribution in [0.5, 0.6) is 0 Å². The van der Waals surface area contributed by atoms with Crippen LogP contribution in [0.25, 0.3) is 0 Å². The standard InChI is InChI=1S/C19H37N5O7/c1-19(27)7-28-18(13(26)16(19)24-2)31-15-11(23)5-10(22)14(12(15)25)30-17-9(21)4-3-8(6-20)29-17/h3,9-18,24-27H,4-7,20-23H2,1-2H3/t9?,10?,11?,12?,13-,14?,15?,16-,17?,18-,19+/m1/s1. The van der Waals surface area contributed by atoms with E-state index in [1.54, 1.807) is 20.0 Å². The Balaban J connectivity index is 1.69. The second kappa shape index (κ2) is 9.93. The second-order valence-corrected chi connectivity index (χ2v) is 8.81. The number of hydrogen-bond acceptors (Lipinski definition) is 12. The Morgan fingerprint density at radius 3 is 2.29 bits per heavy atom. The van der Waals surface area contributed by atoms with E-state index in [-0.39, 0.29) is 13.2 Å². The quantitative estimate of drug-likeness (QED) is 0.196. The first-order valence-corrected chi connectivity index (χ1v) is 10.6. The lowest BCUT2D eigenvalue weighted by atomic mass is 9.84. The van der Waals surface area contributed by atoms with Gasteiger partial charge in [-0.25, -0.2) is 0 Å². The van der Waals surface area contributed by atoms with Gasteiger partial charge in [0.15, 0.2) is 6.29 Å². The molecule has 0 spiro atoms. The molecule has 180 valence electrons. The highest BCUT2D eigenvalue weighted by atomic mass is 16.7. The molecule has 1 saturated carbocycles. The average molecular weight is 448 g/mol. The Labute approximate surface area is 181 Å². The zero-order valence-corrected chi connectivity index (χ0v) is 18.0. The van der Waals surface area contributed by atoms with E-state index in [1.165, 1.54) is 0 Å². The van der Waals surface area contributed by atoms with E-state index < -0.39 is 66.8 Å². The van der Waals surface area contributed by atoms with Gasteiger partial charge in [0.2, 0.25) is 6.29 Å². The van der Waals surface area contributed by atoms with Gasteiger partial charge >= 0.3 is 0 Å². The second-order valence-electron chi connectivity index (χ2n) is 8.81. The maximum Gasteiger partial charge on any atom is 0.215 e. The highest BCUT2D eigenvalue weighted by Gasteiger charge is 2.50. The Morgan fingerprint density at radius 2 is 1.71 bits per heavy atom. The summed E-state index contributed by atoms with van der Waals surface area (Å²) in [6, 6.07) is -2.37. The topological polar surface area (TPSA) is 214 Å². The van der Waals surface area contributed by atoms with Crippen molar-refractivity contribution < 1.29 is 34.3 Å². The summed E-state index contributed by atoms with van der Waals surface area (Å²) in [5.41, 5.74) is 22.9. The van der Waals surface area contributed by atoms with Crippen molar-refractivity contribution in [3.8, 4) is 0 Å². The first kappa shape index (κ1) is 24.7. The van der Waals surface area contributed by atoms with E-state index in [2.05, 4.69) is 5.32 Å². The predicted octanol–water partition coefficient (Wildman–Crippen LogP) is -3.85. The fraction of sp³-hybridized carbons (Fsp3) is 0.895. The SMILES string of the molecule is CN[C@@H]1[C@@H](O)[C@@H](OC2C(N)CC(N)C(OC3OC(CN)=CCC3N)C2O)OC[C@]1(C)O. The lowest BCUT2D eigenvalue weighted by Gasteiger charge is -2.48. The first-order chi connectivity index (χ1) is 14.6. The molecule has 2 heterocycles. The van der Waals surface area contributed by atoms with Crippen molar-refractivity contribution in [3.05, 3.63) is 11.8 Å². The molecule has 11 atom stereocenters. The van der Waals surface area contributed by atoms with Gasteiger partial charge in [-0.05, 0) is 32.9 Å². The summed E-state index contributed by atoms with van der Waals surface area (Å²) in [7, 11) is 1.62. The highest BCUT2D eigenvalue weighted by molar-refractivity contribution is 5.04. The maximum atomic E-state index is 11.0. The summed E-state index contributed by atoms with van der Waals surface area (Å²) in [6.07, 6.45) is -3.56. The summed E-state index contributed by atoms with van der Waals surface area (Å²) >= 11 is 0. The van der Waals surface area contributed by atoms with Gasteiger partial charge < -0.3 is 62.5 Å². The number of nitrogens with two attached hydrogens (primary N) is 4. The zero-order valence-electron chi connectivity index (χ0n) is 18.0. The fourth-order valence-electron chi connectivity index (χ4n) is 4.44. The molecule has 2 aliphatic heterocycles. The molecular formula is C19H37N5O7. The van der Waals surface area contributed by atoms with Gasteiger partial charge in [0.25, 0.3) is 0 Å². The van der Waals surface area contributed by atoms with E-state index >= 15 is 0 Å². The highest BCUT2D eigenvalue weighted by Crippen LogP contribution is 2.31. The number of aliphatic hydroxyl groups is 3. The maximum absolute atomic E-state index is 11.0. The minimum atomic E-state index is -1.29. The Kier molecular flexibility index (Phi) is 7.92. The third-order valence-corrected chi connectivity index (χ3v) is 6.22. The van der Waals surface area contributed by atoms with Crippen LogP contribution < -0.4 is 28.3 Å². The lowest BCUT2D eigenvalue weighted by molar-refractivity contribution is -0.303. The molecule has 12 heteroatoms. The summed E-state index contributed by atoms with van der Waals surface area (Å²) < 4.78 is 23.1. The van der Waals surface area contributed by atoms with Gasteiger partial charge in [0.1, 0.15) is 35.8 Å². The first-order valence-electron chi connectivity index (χ1n) is 10.6. The third kappa shape index (κ3) is 5.20. The smallest absolute Gasteiger partial charge is 0.215 e. The molecule has 12 N–H and O–H groups in total. The Bertz CT molecular complexity index is 639. The number of likely N-dealkylation sites (N-methyl/N-ethyl adjacent to an activating group) is 1. The van der Waals surface area contributed by atoms with Gasteiger partial charge in [0, 0.05) is 12.1 Å². The normalized spacial score (nSPS) is 48.7. The van der Waals surface area contributed by atoms with Gasteiger partial charge in [-0.3, -0.25) is 0 Å². The van der Waals surface area contributed by atoms with E-state index in [0.29, 0.717) is 18.6 Å². The number of ether oxygens (including phenoxy) is 4. The van der Waals surface area contributed by atoms with E-state index in [1.807, 2.05) is 0 Å². The van der Waals surface area contributed by atoms with Crippen LogP contribution >= 0.6 is 0 Å². The van der Waals surface area contributed by atoms with Crippen molar-refractivity contribution in [2.45, 2.75) is 86.5 Å². The van der Waals surface area contributed by atoms with Gasteiger partial charge in [-0.1, -0.05) is 0 Å². The fourth-order valence-corrected chi connectivity index (χ4v) is 4.44. The molecule has 0 radical (unpaired) electrons. The molecule has 0 aromatic carbocycles. The number of nitrogens with one attached hydrogen (secondary N) is 1. The molecule has 7 unspecified atom stereocenters. The van der Waals surface area contributed by atoms with Crippen molar-refractivity contribution in [3.63, 3.8) is 0 Å². The van der Waals surface area contributed by atoms with E-state index in [4.69, 9.17) is 41.9 Å². The number of aliphatic hydroxyl groups excluding tert-OH is 2. The minimum Gasteiger partial charge on any atom is -0.467 e. The Hall–Kier alpha value is -0.900. The Morgan fingerprint density at radius 1 is 1.10 bits per heavy atom. The molecule has 0 amide bonds. The summed E-state index contributed by atoms with van der Waals surface area (Å²) in [5, 5.41) is 34.9. The molecular weight excluding hydrogens is 410 g/mol. The molecule has 3 aliphatic rings.